The number of carboxylic acid groups (broad SMARTS) is 1. The first-order valence-corrected chi connectivity index (χ1v) is 11.3. The number of methoxy groups -OCH3 is 2. The number of oxime groups is 1. The number of benzene rings is 2. The summed E-state index contributed by atoms with van der Waals surface area (Å²) in [6.07, 6.45) is 2.03. The molecule has 0 aliphatic rings. The molecular formula is C26H31N3O6. The Morgan fingerprint density at radius 1 is 1.09 bits per heavy atom. The maximum absolute atomic E-state index is 13.5. The number of carboxylic acids is 1. The second-order valence-corrected chi connectivity index (χ2v) is 8.68. The Balaban J connectivity index is 2.03. The van der Waals surface area contributed by atoms with Crippen LogP contribution >= 0.6 is 0 Å². The number of fused-ring (bicyclic) bond motifs is 1. The zero-order valence-corrected chi connectivity index (χ0v) is 20.3. The number of hydrogen-bond acceptors (Lipinski definition) is 6. The van der Waals surface area contributed by atoms with E-state index < -0.39 is 17.9 Å². The van der Waals surface area contributed by atoms with E-state index in [9.17, 15) is 19.9 Å². The zero-order chi connectivity index (χ0) is 25.5. The second kappa shape index (κ2) is 11.4. The minimum atomic E-state index is -1.21. The summed E-state index contributed by atoms with van der Waals surface area (Å²) in [5, 5.41) is 23.9. The van der Waals surface area contributed by atoms with Crippen molar-refractivity contribution < 1.29 is 29.4 Å². The number of aromatic nitrogens is 1. The lowest BCUT2D eigenvalue weighted by Crippen LogP contribution is -2.48. The summed E-state index contributed by atoms with van der Waals surface area (Å²) >= 11 is 0. The number of H-pyrrole nitrogens is 1. The molecule has 0 aliphatic carbocycles. The smallest absolute Gasteiger partial charge is 0.326 e. The highest BCUT2D eigenvalue weighted by Crippen LogP contribution is 2.29. The van der Waals surface area contributed by atoms with E-state index in [-0.39, 0.29) is 31.0 Å². The van der Waals surface area contributed by atoms with E-state index in [1.165, 1.54) is 19.1 Å². The number of nitrogens with zero attached hydrogens (tertiary/aromatic N) is 2. The average Bonchev–Trinajstić information content (AvgIpc) is 3.26. The molecule has 3 aromatic rings. The van der Waals surface area contributed by atoms with Crippen molar-refractivity contribution >= 4 is 28.5 Å². The molecule has 0 saturated heterocycles. The van der Waals surface area contributed by atoms with Crippen LogP contribution in [0, 0.1) is 5.92 Å². The minimum Gasteiger partial charge on any atom is -0.493 e. The summed E-state index contributed by atoms with van der Waals surface area (Å²) in [7, 11) is 3.02. The Labute approximate surface area is 204 Å². The molecule has 3 rings (SSSR count). The van der Waals surface area contributed by atoms with Gasteiger partial charge in [0.2, 0.25) is 0 Å². The second-order valence-electron chi connectivity index (χ2n) is 8.68. The summed E-state index contributed by atoms with van der Waals surface area (Å²) in [5.41, 5.74) is 2.19. The number of rotatable bonds is 11. The van der Waals surface area contributed by atoms with Gasteiger partial charge in [-0.25, -0.2) is 4.79 Å². The largest absolute Gasteiger partial charge is 0.493 e. The Bertz CT molecular complexity index is 1220. The minimum absolute atomic E-state index is 0.0321. The lowest BCUT2D eigenvalue weighted by molar-refractivity contribution is -0.148. The topological polar surface area (TPSA) is 124 Å². The van der Waals surface area contributed by atoms with Crippen LogP contribution in [0.1, 0.15) is 31.4 Å². The fraction of sp³-hybridized carbons (Fsp3) is 0.346. The van der Waals surface area contributed by atoms with E-state index in [2.05, 4.69) is 10.1 Å². The van der Waals surface area contributed by atoms with Gasteiger partial charge in [-0.2, -0.15) is 0 Å². The molecular weight excluding hydrogens is 450 g/mol. The van der Waals surface area contributed by atoms with Crippen molar-refractivity contribution in [2.24, 2.45) is 11.1 Å². The lowest BCUT2D eigenvalue weighted by Gasteiger charge is -2.30. The van der Waals surface area contributed by atoms with Gasteiger partial charge in [0.15, 0.2) is 11.5 Å². The van der Waals surface area contributed by atoms with Crippen LogP contribution in [0.4, 0.5) is 0 Å². The van der Waals surface area contributed by atoms with Gasteiger partial charge in [0.05, 0.1) is 14.2 Å². The van der Waals surface area contributed by atoms with Crippen LogP contribution in [0.3, 0.4) is 0 Å². The van der Waals surface area contributed by atoms with Gasteiger partial charge in [-0.1, -0.05) is 43.3 Å². The Morgan fingerprint density at radius 2 is 1.80 bits per heavy atom. The fourth-order valence-electron chi connectivity index (χ4n) is 4.06. The van der Waals surface area contributed by atoms with Crippen molar-refractivity contribution in [1.82, 2.24) is 9.88 Å². The van der Waals surface area contributed by atoms with Crippen molar-refractivity contribution in [3.05, 3.63) is 59.8 Å². The van der Waals surface area contributed by atoms with Crippen LogP contribution in [-0.2, 0) is 22.6 Å². The van der Waals surface area contributed by atoms with E-state index in [0.717, 1.165) is 16.5 Å². The molecule has 186 valence electrons. The number of nitrogens with one attached hydrogen (secondary N) is 1. The molecule has 9 nitrogen and oxygen atoms in total. The molecule has 0 unspecified atom stereocenters. The molecule has 3 N–H and O–H groups in total. The van der Waals surface area contributed by atoms with E-state index in [1.54, 1.807) is 24.4 Å². The Kier molecular flexibility index (Phi) is 8.35. The summed E-state index contributed by atoms with van der Waals surface area (Å²) in [5.74, 6) is -0.793. The Hall–Kier alpha value is -4.01. The van der Waals surface area contributed by atoms with Gasteiger partial charge < -0.3 is 29.7 Å². The summed E-state index contributed by atoms with van der Waals surface area (Å²) < 4.78 is 10.7. The number of amides is 1. The van der Waals surface area contributed by atoms with Gasteiger partial charge in [-0.3, -0.25) is 4.79 Å². The molecule has 0 aliphatic heterocycles. The number of aromatic amines is 1. The predicted molar refractivity (Wildman–Crippen MR) is 132 cm³/mol. The molecule has 1 heterocycles. The zero-order valence-electron chi connectivity index (χ0n) is 20.3. The Morgan fingerprint density at radius 3 is 2.43 bits per heavy atom. The highest BCUT2D eigenvalue weighted by atomic mass is 16.5. The number of carbonyl (C=O) groups is 2. The number of para-hydroxylation sites is 1. The molecule has 1 aromatic heterocycles. The quantitative estimate of drug-likeness (QED) is 0.215. The molecule has 0 saturated carbocycles. The third-order valence-corrected chi connectivity index (χ3v) is 5.78. The molecule has 35 heavy (non-hydrogen) atoms. The molecule has 9 heteroatoms. The first-order valence-electron chi connectivity index (χ1n) is 11.3. The van der Waals surface area contributed by atoms with E-state index in [4.69, 9.17) is 9.47 Å². The molecule has 1 atom stereocenters. The monoisotopic (exact) mass is 481 g/mol. The van der Waals surface area contributed by atoms with Crippen LogP contribution in [0.5, 0.6) is 11.5 Å². The van der Waals surface area contributed by atoms with Crippen molar-refractivity contribution in [3.63, 3.8) is 0 Å². The molecule has 1 amide bonds. The fourth-order valence-corrected chi connectivity index (χ4v) is 4.06. The third kappa shape index (κ3) is 5.92. The van der Waals surface area contributed by atoms with Crippen LogP contribution in [0.2, 0.25) is 0 Å². The van der Waals surface area contributed by atoms with Crippen molar-refractivity contribution in [1.29, 1.82) is 0 Å². The van der Waals surface area contributed by atoms with E-state index in [0.29, 0.717) is 17.1 Å². The van der Waals surface area contributed by atoms with Crippen LogP contribution in [0.25, 0.3) is 10.9 Å². The van der Waals surface area contributed by atoms with Crippen LogP contribution in [-0.4, -0.2) is 58.0 Å². The molecule has 0 fully saturated rings. The SMILES string of the molecule is COc1ccc(CN(C(=O)C(CC(C)C)=NO)[C@@H](Cc2c[nH]c3ccccc23)C(=O)O)cc1OC. The maximum atomic E-state index is 13.5. The number of hydrogen-bond donors (Lipinski definition) is 3. The number of carbonyl (C=O) groups excluding carboxylic acids is 1. The molecule has 0 bridgehead atoms. The number of aliphatic carboxylic acids is 1. The van der Waals surface area contributed by atoms with Gasteiger partial charge in [-0.05, 0) is 35.2 Å². The normalized spacial score (nSPS) is 12.5. The van der Waals surface area contributed by atoms with E-state index in [1.807, 2.05) is 38.1 Å². The van der Waals surface area contributed by atoms with Gasteiger partial charge in [0.1, 0.15) is 11.8 Å². The summed E-state index contributed by atoms with van der Waals surface area (Å²) in [4.78, 5) is 30.4. The lowest BCUT2D eigenvalue weighted by atomic mass is 10.0. The molecule has 0 radical (unpaired) electrons. The maximum Gasteiger partial charge on any atom is 0.326 e. The van der Waals surface area contributed by atoms with Crippen molar-refractivity contribution in [2.45, 2.75) is 39.3 Å². The van der Waals surface area contributed by atoms with Gasteiger partial charge in [0.25, 0.3) is 5.91 Å². The standard InChI is InChI=1S/C26H31N3O6/c1-16(2)11-21(28-33)25(30)29(15-17-9-10-23(34-3)24(12-17)35-4)22(26(31)32)13-18-14-27-20-8-6-5-7-19(18)20/h5-10,12,14,16,22,27,33H,11,13,15H2,1-4H3,(H,31,32)/t22-/m0/s1. The van der Waals surface area contributed by atoms with Gasteiger partial charge in [-0.15, -0.1) is 0 Å². The predicted octanol–water partition coefficient (Wildman–Crippen LogP) is 4.09. The van der Waals surface area contributed by atoms with Crippen molar-refractivity contribution in [2.75, 3.05) is 14.2 Å². The van der Waals surface area contributed by atoms with Gasteiger partial charge >= 0.3 is 5.97 Å². The first kappa shape index (κ1) is 25.6. The van der Waals surface area contributed by atoms with Crippen molar-refractivity contribution in [3.8, 4) is 11.5 Å². The van der Waals surface area contributed by atoms with E-state index >= 15 is 0 Å². The highest BCUT2D eigenvalue weighted by molar-refractivity contribution is 6.38. The van der Waals surface area contributed by atoms with Gasteiger partial charge in [0, 0.05) is 36.5 Å². The summed E-state index contributed by atoms with van der Waals surface area (Å²) in [6.45, 7) is 3.74. The van der Waals surface area contributed by atoms with Crippen LogP contribution in [0.15, 0.2) is 53.8 Å². The third-order valence-electron chi connectivity index (χ3n) is 5.78. The summed E-state index contributed by atoms with van der Waals surface area (Å²) in [6, 6.07) is 11.5. The number of ether oxygens (including phenoxy) is 2. The first-order chi connectivity index (χ1) is 16.8. The van der Waals surface area contributed by atoms with Crippen LogP contribution < -0.4 is 9.47 Å². The average molecular weight is 482 g/mol. The molecule has 2 aromatic carbocycles. The highest BCUT2D eigenvalue weighted by Gasteiger charge is 2.33. The molecule has 0 spiro atoms.